The van der Waals surface area contributed by atoms with E-state index in [-0.39, 0.29) is 23.9 Å². The van der Waals surface area contributed by atoms with Crippen LogP contribution in [0.25, 0.3) is 11.5 Å². The molecule has 2 aromatic heterocycles. The van der Waals surface area contributed by atoms with Crippen molar-refractivity contribution in [3.63, 3.8) is 0 Å². The van der Waals surface area contributed by atoms with Gasteiger partial charge in [0.15, 0.2) is 11.5 Å². The summed E-state index contributed by atoms with van der Waals surface area (Å²) in [5, 5.41) is 18.3. The monoisotopic (exact) mass is 458 g/mol. The summed E-state index contributed by atoms with van der Waals surface area (Å²) in [6, 6.07) is 15.4. The number of fused-ring (bicyclic) bond motifs is 1. The van der Waals surface area contributed by atoms with E-state index in [1.165, 1.54) is 18.4 Å². The molecular formula is C24H18N4O6. The number of rotatable bonds is 6. The molecule has 10 heteroatoms. The van der Waals surface area contributed by atoms with E-state index in [1.54, 1.807) is 60.4 Å². The van der Waals surface area contributed by atoms with Crippen molar-refractivity contribution in [2.24, 2.45) is 0 Å². The molecule has 5 rings (SSSR count). The Hall–Kier alpha value is -4.73. The van der Waals surface area contributed by atoms with Gasteiger partial charge in [-0.15, -0.1) is 0 Å². The summed E-state index contributed by atoms with van der Waals surface area (Å²) in [6.07, 6.45) is 1.52. The van der Waals surface area contributed by atoms with Crippen LogP contribution in [0.4, 0.5) is 11.4 Å². The minimum Gasteiger partial charge on any atom is -0.463 e. The van der Waals surface area contributed by atoms with Crippen LogP contribution >= 0.6 is 0 Å². The van der Waals surface area contributed by atoms with E-state index in [0.29, 0.717) is 33.8 Å². The van der Waals surface area contributed by atoms with E-state index < -0.39 is 16.9 Å². The van der Waals surface area contributed by atoms with E-state index in [1.807, 2.05) is 0 Å². The van der Waals surface area contributed by atoms with E-state index >= 15 is 0 Å². The first-order valence-corrected chi connectivity index (χ1v) is 10.5. The fraction of sp³-hybridized carbons (Fsp3) is 0.125. The molecule has 0 saturated heterocycles. The second kappa shape index (κ2) is 8.32. The molecule has 2 aromatic carbocycles. The number of H-pyrrole nitrogens is 1. The van der Waals surface area contributed by atoms with Crippen LogP contribution in [0.1, 0.15) is 44.9 Å². The molecule has 0 spiro atoms. The number of carbonyl (C=O) groups is 2. The maximum absolute atomic E-state index is 13.5. The first-order valence-electron chi connectivity index (χ1n) is 10.5. The molecule has 3 heterocycles. The summed E-state index contributed by atoms with van der Waals surface area (Å²) < 4.78 is 10.6. The molecule has 4 aromatic rings. The number of nitro benzene ring substituents is 1. The summed E-state index contributed by atoms with van der Waals surface area (Å²) in [5.74, 6) is -0.300. The van der Waals surface area contributed by atoms with Crippen molar-refractivity contribution in [2.75, 3.05) is 11.5 Å². The lowest BCUT2D eigenvalue weighted by atomic mass is 9.97. The Morgan fingerprint density at radius 1 is 1.18 bits per heavy atom. The largest absolute Gasteiger partial charge is 0.463 e. The molecule has 1 amide bonds. The Morgan fingerprint density at radius 2 is 1.91 bits per heavy atom. The lowest BCUT2D eigenvalue weighted by Crippen LogP contribution is -2.29. The number of esters is 1. The summed E-state index contributed by atoms with van der Waals surface area (Å²) in [4.78, 5) is 37.7. The second-order valence-corrected chi connectivity index (χ2v) is 7.53. The van der Waals surface area contributed by atoms with Crippen molar-refractivity contribution < 1.29 is 23.7 Å². The van der Waals surface area contributed by atoms with Crippen LogP contribution in [0.15, 0.2) is 71.3 Å². The molecule has 1 aliphatic rings. The van der Waals surface area contributed by atoms with Gasteiger partial charge in [0.2, 0.25) is 0 Å². The molecule has 0 aliphatic carbocycles. The van der Waals surface area contributed by atoms with Crippen molar-refractivity contribution in [3.8, 4) is 11.5 Å². The normalized spacial score (nSPS) is 14.8. The molecule has 10 nitrogen and oxygen atoms in total. The highest BCUT2D eigenvalue weighted by Gasteiger charge is 2.44. The SMILES string of the molecule is CCOC(=O)c1ccc(N2C(=O)c3n[nH]c(-c4ccco4)c3[C@H]2c2ccc([N+](=O)[O-])cc2)cc1. The zero-order valence-electron chi connectivity index (χ0n) is 17.9. The Kier molecular flexibility index (Phi) is 5.17. The van der Waals surface area contributed by atoms with Gasteiger partial charge in [0.1, 0.15) is 5.69 Å². The number of amides is 1. The highest BCUT2D eigenvalue weighted by atomic mass is 16.6. The lowest BCUT2D eigenvalue weighted by Gasteiger charge is -2.26. The maximum atomic E-state index is 13.5. The highest BCUT2D eigenvalue weighted by Crippen LogP contribution is 2.45. The summed E-state index contributed by atoms with van der Waals surface area (Å²) in [5.41, 5.74) is 2.86. The molecule has 0 saturated carbocycles. The number of nitrogens with zero attached hydrogens (tertiary/aromatic N) is 3. The van der Waals surface area contributed by atoms with Crippen LogP contribution < -0.4 is 4.90 Å². The first kappa shape index (κ1) is 21.1. The number of hydrogen-bond donors (Lipinski definition) is 1. The number of ether oxygens (including phenoxy) is 1. The van der Waals surface area contributed by atoms with Gasteiger partial charge in [-0.05, 0) is 61.0 Å². The number of furan rings is 1. The molecule has 0 bridgehead atoms. The zero-order valence-corrected chi connectivity index (χ0v) is 17.9. The Labute approximate surface area is 192 Å². The Bertz CT molecular complexity index is 1370. The Morgan fingerprint density at radius 3 is 2.53 bits per heavy atom. The molecule has 0 unspecified atom stereocenters. The third-order valence-electron chi connectivity index (χ3n) is 5.60. The molecule has 0 fully saturated rings. The summed E-state index contributed by atoms with van der Waals surface area (Å²) in [7, 11) is 0. The number of aromatic amines is 1. The van der Waals surface area contributed by atoms with Crippen LogP contribution in [-0.4, -0.2) is 33.6 Å². The van der Waals surface area contributed by atoms with Gasteiger partial charge in [-0.3, -0.25) is 24.9 Å². The van der Waals surface area contributed by atoms with E-state index in [4.69, 9.17) is 9.15 Å². The van der Waals surface area contributed by atoms with Gasteiger partial charge in [0.05, 0.1) is 29.4 Å². The minimum absolute atomic E-state index is 0.0583. The van der Waals surface area contributed by atoms with Crippen LogP contribution in [0.3, 0.4) is 0 Å². The van der Waals surface area contributed by atoms with Gasteiger partial charge in [-0.25, -0.2) is 4.79 Å². The van der Waals surface area contributed by atoms with E-state index in [9.17, 15) is 19.7 Å². The Balaban J connectivity index is 1.62. The topological polar surface area (TPSA) is 132 Å². The van der Waals surface area contributed by atoms with Crippen LogP contribution in [0, 0.1) is 10.1 Å². The van der Waals surface area contributed by atoms with Gasteiger partial charge >= 0.3 is 5.97 Å². The lowest BCUT2D eigenvalue weighted by molar-refractivity contribution is -0.384. The molecular weight excluding hydrogens is 440 g/mol. The fourth-order valence-electron chi connectivity index (χ4n) is 4.08. The first-order chi connectivity index (χ1) is 16.5. The van der Waals surface area contributed by atoms with Gasteiger partial charge in [-0.2, -0.15) is 5.10 Å². The quantitative estimate of drug-likeness (QED) is 0.255. The number of nitrogens with one attached hydrogen (secondary N) is 1. The van der Waals surface area contributed by atoms with Crippen LogP contribution in [0.2, 0.25) is 0 Å². The smallest absolute Gasteiger partial charge is 0.338 e. The van der Waals surface area contributed by atoms with Gasteiger partial charge in [0, 0.05) is 23.4 Å². The summed E-state index contributed by atoms with van der Waals surface area (Å²) in [6.45, 7) is 1.98. The van der Waals surface area contributed by atoms with Gasteiger partial charge in [0.25, 0.3) is 11.6 Å². The average Bonchev–Trinajstić information content (AvgIpc) is 3.57. The third kappa shape index (κ3) is 3.41. The standard InChI is InChI=1S/C24H18N4O6/c1-2-33-24(30)15-7-9-16(10-8-15)27-22(14-5-11-17(12-6-14)28(31)32)19-20(18-4-3-13-34-18)25-26-21(19)23(27)29/h3-13,22H,2H2,1H3,(H,25,26)/t22-/m1/s1. The van der Waals surface area contributed by atoms with Gasteiger partial charge in [-0.1, -0.05) is 0 Å². The van der Waals surface area contributed by atoms with Crippen molar-refractivity contribution in [1.29, 1.82) is 0 Å². The van der Waals surface area contributed by atoms with Gasteiger partial charge < -0.3 is 9.15 Å². The summed E-state index contributed by atoms with van der Waals surface area (Å²) >= 11 is 0. The number of benzene rings is 2. The third-order valence-corrected chi connectivity index (χ3v) is 5.60. The van der Waals surface area contributed by atoms with Crippen molar-refractivity contribution in [1.82, 2.24) is 10.2 Å². The number of aromatic nitrogens is 2. The molecule has 1 N–H and O–H groups in total. The molecule has 170 valence electrons. The number of non-ortho nitro benzene ring substituents is 1. The predicted molar refractivity (Wildman–Crippen MR) is 120 cm³/mol. The minimum atomic E-state index is -0.629. The molecule has 1 aliphatic heterocycles. The maximum Gasteiger partial charge on any atom is 0.338 e. The zero-order chi connectivity index (χ0) is 23.8. The highest BCUT2D eigenvalue weighted by molar-refractivity contribution is 6.11. The molecule has 0 radical (unpaired) electrons. The van der Waals surface area contributed by atoms with Crippen LogP contribution in [0.5, 0.6) is 0 Å². The second-order valence-electron chi connectivity index (χ2n) is 7.53. The van der Waals surface area contributed by atoms with Crippen molar-refractivity contribution >= 4 is 23.3 Å². The molecule has 1 atom stereocenters. The van der Waals surface area contributed by atoms with E-state index in [0.717, 1.165) is 0 Å². The van der Waals surface area contributed by atoms with Crippen LogP contribution in [-0.2, 0) is 4.74 Å². The number of hydrogen-bond acceptors (Lipinski definition) is 7. The van der Waals surface area contributed by atoms with Crippen molar-refractivity contribution in [3.05, 3.63) is 99.4 Å². The number of anilines is 1. The van der Waals surface area contributed by atoms with Crippen molar-refractivity contribution in [2.45, 2.75) is 13.0 Å². The average molecular weight is 458 g/mol. The number of carbonyl (C=O) groups excluding carboxylic acids is 2. The predicted octanol–water partition coefficient (Wildman–Crippen LogP) is 4.50. The number of nitro groups is 1. The fourth-order valence-corrected chi connectivity index (χ4v) is 4.08. The van der Waals surface area contributed by atoms with E-state index in [2.05, 4.69) is 10.2 Å². The molecule has 34 heavy (non-hydrogen) atoms.